The summed E-state index contributed by atoms with van der Waals surface area (Å²) < 4.78 is 8.30. The Morgan fingerprint density at radius 3 is 3.00 bits per heavy atom. The highest BCUT2D eigenvalue weighted by Gasteiger charge is 2.28. The van der Waals surface area contributed by atoms with Gasteiger partial charge in [-0.3, -0.25) is 4.90 Å². The zero-order chi connectivity index (χ0) is 15.1. The molecule has 1 aliphatic rings. The van der Waals surface area contributed by atoms with Gasteiger partial charge in [0, 0.05) is 44.5 Å². The van der Waals surface area contributed by atoms with Crippen molar-refractivity contribution in [2.45, 2.75) is 52.3 Å². The van der Waals surface area contributed by atoms with Crippen LogP contribution in [0, 0.1) is 0 Å². The van der Waals surface area contributed by atoms with Crippen LogP contribution in [-0.2, 0) is 17.7 Å². The van der Waals surface area contributed by atoms with E-state index in [0.29, 0.717) is 6.04 Å². The molecule has 2 rings (SSSR count). The first-order valence-corrected chi connectivity index (χ1v) is 8.35. The second-order valence-electron chi connectivity index (χ2n) is 5.71. The number of aromatic nitrogens is 2. The molecular weight excluding hydrogens is 264 g/mol. The average molecular weight is 294 g/mol. The Hall–Kier alpha value is -0.910. The Kier molecular flexibility index (Phi) is 6.67. The Morgan fingerprint density at radius 1 is 1.43 bits per heavy atom. The normalized spacial score (nSPS) is 21.6. The summed E-state index contributed by atoms with van der Waals surface area (Å²) in [4.78, 5) is 7.01. The number of ether oxygens (including phenoxy) is 1. The minimum absolute atomic E-state index is 0.255. The van der Waals surface area contributed by atoms with Crippen molar-refractivity contribution in [1.29, 1.82) is 0 Å². The van der Waals surface area contributed by atoms with E-state index >= 15 is 0 Å². The standard InChI is InChI=1S/C16H30N4O/c1-4-8-20-9-7-18-16(20)12-14(17-5-2)15-13-19(6-3)10-11-21-15/h7,9,14-15,17H,4-6,8,10-13H2,1-3H3. The van der Waals surface area contributed by atoms with Crippen molar-refractivity contribution in [3.8, 4) is 0 Å². The predicted octanol–water partition coefficient (Wildman–Crippen LogP) is 1.53. The summed E-state index contributed by atoms with van der Waals surface area (Å²) in [5.74, 6) is 1.17. The van der Waals surface area contributed by atoms with E-state index in [2.05, 4.69) is 46.7 Å². The molecule has 2 atom stereocenters. The van der Waals surface area contributed by atoms with Gasteiger partial charge in [-0.15, -0.1) is 0 Å². The molecule has 5 nitrogen and oxygen atoms in total. The van der Waals surface area contributed by atoms with Crippen LogP contribution < -0.4 is 5.32 Å². The van der Waals surface area contributed by atoms with E-state index in [1.54, 1.807) is 0 Å². The molecule has 5 heteroatoms. The molecule has 0 spiro atoms. The maximum atomic E-state index is 6.03. The first-order chi connectivity index (χ1) is 10.3. The Morgan fingerprint density at radius 2 is 2.29 bits per heavy atom. The van der Waals surface area contributed by atoms with Crippen molar-refractivity contribution in [3.05, 3.63) is 18.2 Å². The molecule has 0 aromatic carbocycles. The number of rotatable bonds is 8. The number of morpholine rings is 1. The number of nitrogens with one attached hydrogen (secondary N) is 1. The van der Waals surface area contributed by atoms with Gasteiger partial charge in [0.2, 0.25) is 0 Å². The van der Waals surface area contributed by atoms with Gasteiger partial charge in [0.1, 0.15) is 5.82 Å². The summed E-state index contributed by atoms with van der Waals surface area (Å²) in [5.41, 5.74) is 0. The van der Waals surface area contributed by atoms with Gasteiger partial charge in [-0.25, -0.2) is 4.98 Å². The monoisotopic (exact) mass is 294 g/mol. The minimum Gasteiger partial charge on any atom is -0.374 e. The SMILES string of the molecule is CCCn1ccnc1CC(NCC)C1CN(CC)CCO1. The topological polar surface area (TPSA) is 42.3 Å². The highest BCUT2D eigenvalue weighted by atomic mass is 16.5. The molecule has 1 aromatic heterocycles. The molecular formula is C16H30N4O. The Bertz CT molecular complexity index is 407. The molecule has 0 amide bonds. The number of hydrogen-bond acceptors (Lipinski definition) is 4. The van der Waals surface area contributed by atoms with E-state index in [0.717, 1.165) is 52.2 Å². The van der Waals surface area contributed by atoms with Gasteiger partial charge in [0.15, 0.2) is 0 Å². The number of likely N-dealkylation sites (N-methyl/N-ethyl adjacent to an activating group) is 2. The van der Waals surface area contributed by atoms with Crippen molar-refractivity contribution in [2.24, 2.45) is 0 Å². The second-order valence-corrected chi connectivity index (χ2v) is 5.71. The molecule has 0 bridgehead atoms. The molecule has 21 heavy (non-hydrogen) atoms. The first-order valence-electron chi connectivity index (χ1n) is 8.35. The maximum absolute atomic E-state index is 6.03. The largest absolute Gasteiger partial charge is 0.374 e. The lowest BCUT2D eigenvalue weighted by Crippen LogP contribution is -2.53. The zero-order valence-corrected chi connectivity index (χ0v) is 13.7. The quantitative estimate of drug-likeness (QED) is 0.790. The zero-order valence-electron chi connectivity index (χ0n) is 13.7. The third kappa shape index (κ3) is 4.53. The summed E-state index contributed by atoms with van der Waals surface area (Å²) in [7, 11) is 0. The van der Waals surface area contributed by atoms with Crippen molar-refractivity contribution in [1.82, 2.24) is 19.8 Å². The number of nitrogens with zero attached hydrogens (tertiary/aromatic N) is 3. The van der Waals surface area contributed by atoms with E-state index < -0.39 is 0 Å². The summed E-state index contributed by atoms with van der Waals surface area (Å²) in [5, 5.41) is 3.60. The third-order valence-electron chi connectivity index (χ3n) is 4.21. The molecule has 0 aliphatic carbocycles. The van der Waals surface area contributed by atoms with Crippen LogP contribution in [0.4, 0.5) is 0 Å². The van der Waals surface area contributed by atoms with Crippen LogP contribution in [0.25, 0.3) is 0 Å². The molecule has 2 heterocycles. The van der Waals surface area contributed by atoms with Crippen molar-refractivity contribution in [3.63, 3.8) is 0 Å². The molecule has 120 valence electrons. The maximum Gasteiger partial charge on any atom is 0.110 e. The Balaban J connectivity index is 2.02. The van der Waals surface area contributed by atoms with Crippen LogP contribution in [0.5, 0.6) is 0 Å². The lowest BCUT2D eigenvalue weighted by molar-refractivity contribution is -0.0449. The fourth-order valence-corrected chi connectivity index (χ4v) is 3.03. The number of imidazole rings is 1. The first kappa shape index (κ1) is 16.5. The van der Waals surface area contributed by atoms with Gasteiger partial charge in [-0.2, -0.15) is 0 Å². The molecule has 0 radical (unpaired) electrons. The molecule has 1 saturated heterocycles. The third-order valence-corrected chi connectivity index (χ3v) is 4.21. The van der Waals surface area contributed by atoms with Crippen molar-refractivity contribution < 1.29 is 4.74 Å². The summed E-state index contributed by atoms with van der Waals surface area (Å²) in [6.45, 7) is 12.6. The fraction of sp³-hybridized carbons (Fsp3) is 0.812. The highest BCUT2D eigenvalue weighted by molar-refractivity contribution is 4.98. The van der Waals surface area contributed by atoms with Crippen LogP contribution >= 0.6 is 0 Å². The van der Waals surface area contributed by atoms with E-state index in [1.165, 1.54) is 5.82 Å². The van der Waals surface area contributed by atoms with Crippen molar-refractivity contribution in [2.75, 3.05) is 32.8 Å². The van der Waals surface area contributed by atoms with Gasteiger partial charge in [-0.05, 0) is 19.5 Å². The van der Waals surface area contributed by atoms with Crippen LogP contribution in [-0.4, -0.2) is 59.4 Å². The van der Waals surface area contributed by atoms with Crippen LogP contribution in [0.2, 0.25) is 0 Å². The number of hydrogen-bond donors (Lipinski definition) is 1. The lowest BCUT2D eigenvalue weighted by Gasteiger charge is -2.36. The second kappa shape index (κ2) is 8.51. The summed E-state index contributed by atoms with van der Waals surface area (Å²) in [6, 6.07) is 0.336. The predicted molar refractivity (Wildman–Crippen MR) is 85.5 cm³/mol. The smallest absolute Gasteiger partial charge is 0.110 e. The van der Waals surface area contributed by atoms with E-state index in [-0.39, 0.29) is 6.10 Å². The molecule has 1 fully saturated rings. The number of aryl methyl sites for hydroxylation is 1. The Labute approximate surface area is 128 Å². The average Bonchev–Trinajstić information content (AvgIpc) is 2.94. The van der Waals surface area contributed by atoms with Gasteiger partial charge in [0.05, 0.1) is 12.7 Å². The molecule has 2 unspecified atom stereocenters. The van der Waals surface area contributed by atoms with Gasteiger partial charge < -0.3 is 14.6 Å². The molecule has 1 N–H and O–H groups in total. The molecule has 1 aliphatic heterocycles. The van der Waals surface area contributed by atoms with E-state index in [4.69, 9.17) is 4.74 Å². The lowest BCUT2D eigenvalue weighted by atomic mass is 10.0. The van der Waals surface area contributed by atoms with Crippen LogP contribution in [0.3, 0.4) is 0 Å². The van der Waals surface area contributed by atoms with E-state index in [1.807, 2.05) is 6.20 Å². The minimum atomic E-state index is 0.255. The highest BCUT2D eigenvalue weighted by Crippen LogP contribution is 2.13. The van der Waals surface area contributed by atoms with Crippen LogP contribution in [0.15, 0.2) is 12.4 Å². The summed E-state index contributed by atoms with van der Waals surface area (Å²) in [6.07, 6.45) is 6.32. The molecule has 0 saturated carbocycles. The van der Waals surface area contributed by atoms with E-state index in [9.17, 15) is 0 Å². The summed E-state index contributed by atoms with van der Waals surface area (Å²) >= 11 is 0. The fourth-order valence-electron chi connectivity index (χ4n) is 3.03. The van der Waals surface area contributed by atoms with Crippen molar-refractivity contribution >= 4 is 0 Å². The van der Waals surface area contributed by atoms with Gasteiger partial charge in [0.25, 0.3) is 0 Å². The van der Waals surface area contributed by atoms with Gasteiger partial charge >= 0.3 is 0 Å². The molecule has 1 aromatic rings. The van der Waals surface area contributed by atoms with Crippen LogP contribution in [0.1, 0.15) is 33.0 Å². The van der Waals surface area contributed by atoms with Gasteiger partial charge in [-0.1, -0.05) is 20.8 Å².